The molecule has 21 heavy (non-hydrogen) atoms. The molecule has 1 N–H and O–H groups in total. The summed E-state index contributed by atoms with van der Waals surface area (Å²) < 4.78 is 27.2. The van der Waals surface area contributed by atoms with E-state index < -0.39 is 11.6 Å². The number of hydrogen-bond acceptors (Lipinski definition) is 1. The van der Waals surface area contributed by atoms with Crippen LogP contribution in [0.15, 0.2) is 12.1 Å². The molecule has 0 aliphatic rings. The highest BCUT2D eigenvalue weighted by Crippen LogP contribution is 2.25. The highest BCUT2D eigenvalue weighted by Gasteiger charge is 2.15. The van der Waals surface area contributed by atoms with E-state index in [1.54, 1.807) is 13.0 Å². The van der Waals surface area contributed by atoms with Crippen molar-refractivity contribution in [1.29, 1.82) is 0 Å². The normalized spacial score (nSPS) is 12.6. The lowest BCUT2D eigenvalue weighted by molar-refractivity contribution is 0.470. The number of hydrogen-bond donors (Lipinski definition) is 1. The topological polar surface area (TPSA) is 12.0 Å². The molecule has 1 nitrogen and oxygen atoms in total. The molecule has 0 aliphatic heterocycles. The fourth-order valence-corrected chi connectivity index (χ4v) is 2.71. The Morgan fingerprint density at radius 2 is 1.57 bits per heavy atom. The summed E-state index contributed by atoms with van der Waals surface area (Å²) in [7, 11) is 1.84. The zero-order valence-corrected chi connectivity index (χ0v) is 13.6. The third-order valence-corrected chi connectivity index (χ3v) is 4.10. The second-order valence-electron chi connectivity index (χ2n) is 5.87. The maximum Gasteiger partial charge on any atom is 0.130 e. The second kappa shape index (κ2) is 9.88. The van der Waals surface area contributed by atoms with E-state index in [-0.39, 0.29) is 6.04 Å². The van der Waals surface area contributed by atoms with Crippen molar-refractivity contribution < 1.29 is 8.78 Å². The summed E-state index contributed by atoms with van der Waals surface area (Å²) in [5.41, 5.74) is 1.09. The zero-order chi connectivity index (χ0) is 15.7. The largest absolute Gasteiger partial charge is 0.313 e. The number of unbranched alkanes of at least 4 members (excludes halogenated alkanes) is 6. The minimum absolute atomic E-state index is 0.0278. The highest BCUT2D eigenvalue weighted by atomic mass is 19.1. The van der Waals surface area contributed by atoms with Crippen LogP contribution in [0.25, 0.3) is 0 Å². The summed E-state index contributed by atoms with van der Waals surface area (Å²) in [4.78, 5) is 0. The van der Waals surface area contributed by atoms with Crippen molar-refractivity contribution in [2.75, 3.05) is 7.05 Å². The molecule has 0 fully saturated rings. The fourth-order valence-electron chi connectivity index (χ4n) is 2.71. The monoisotopic (exact) mass is 297 g/mol. The van der Waals surface area contributed by atoms with Gasteiger partial charge in [0.15, 0.2) is 0 Å². The second-order valence-corrected chi connectivity index (χ2v) is 5.87. The molecule has 0 aromatic heterocycles. The number of nitrogens with one attached hydrogen (secondary N) is 1. The van der Waals surface area contributed by atoms with Crippen LogP contribution in [0.4, 0.5) is 8.78 Å². The van der Waals surface area contributed by atoms with Gasteiger partial charge in [0.2, 0.25) is 0 Å². The standard InChI is InChI=1S/C18H29F2N/c1-4-5-6-7-8-9-10-11-18(21-3)15-12-14(2)16(19)13-17(15)20/h12-13,18,21H,4-11H2,1-3H3. The quantitative estimate of drug-likeness (QED) is 0.548. The van der Waals surface area contributed by atoms with Crippen LogP contribution in [0.5, 0.6) is 0 Å². The van der Waals surface area contributed by atoms with E-state index in [1.807, 2.05) is 7.05 Å². The smallest absolute Gasteiger partial charge is 0.130 e. The van der Waals surface area contributed by atoms with Gasteiger partial charge in [-0.1, -0.05) is 51.9 Å². The molecule has 3 heteroatoms. The first-order valence-electron chi connectivity index (χ1n) is 8.23. The van der Waals surface area contributed by atoms with Gasteiger partial charge >= 0.3 is 0 Å². The van der Waals surface area contributed by atoms with E-state index in [0.29, 0.717) is 11.1 Å². The van der Waals surface area contributed by atoms with Gasteiger partial charge in [0.05, 0.1) is 0 Å². The Balaban J connectivity index is 2.43. The molecule has 0 bridgehead atoms. The molecule has 1 aromatic rings. The van der Waals surface area contributed by atoms with Gasteiger partial charge in [0.1, 0.15) is 11.6 Å². The number of rotatable bonds is 10. The Labute approximate surface area is 128 Å². The van der Waals surface area contributed by atoms with Crippen molar-refractivity contribution in [2.45, 2.75) is 71.3 Å². The summed E-state index contributed by atoms with van der Waals surface area (Å²) in [5, 5.41) is 3.15. The predicted octanol–water partition coefficient (Wildman–Crippen LogP) is 5.67. The highest BCUT2D eigenvalue weighted by molar-refractivity contribution is 5.28. The van der Waals surface area contributed by atoms with Gasteiger partial charge < -0.3 is 5.32 Å². The molecule has 0 heterocycles. The van der Waals surface area contributed by atoms with Gasteiger partial charge in [-0.3, -0.25) is 0 Å². The van der Waals surface area contributed by atoms with E-state index in [0.717, 1.165) is 18.9 Å². The van der Waals surface area contributed by atoms with Gasteiger partial charge in [0.25, 0.3) is 0 Å². The van der Waals surface area contributed by atoms with Gasteiger partial charge in [0, 0.05) is 17.7 Å². The lowest BCUT2D eigenvalue weighted by Crippen LogP contribution is -2.18. The van der Waals surface area contributed by atoms with Gasteiger partial charge in [-0.15, -0.1) is 0 Å². The first-order chi connectivity index (χ1) is 10.1. The number of aryl methyl sites for hydroxylation is 1. The average Bonchev–Trinajstić information content (AvgIpc) is 2.46. The van der Waals surface area contributed by atoms with Crippen LogP contribution in [-0.2, 0) is 0 Å². The van der Waals surface area contributed by atoms with Crippen LogP contribution in [0.3, 0.4) is 0 Å². The van der Waals surface area contributed by atoms with Crippen molar-refractivity contribution in [3.63, 3.8) is 0 Å². The average molecular weight is 297 g/mol. The molecular weight excluding hydrogens is 268 g/mol. The molecule has 1 rings (SSSR count). The molecule has 1 atom stereocenters. The molecular formula is C18H29F2N. The molecule has 1 aromatic carbocycles. The fraction of sp³-hybridized carbons (Fsp3) is 0.667. The van der Waals surface area contributed by atoms with Crippen LogP contribution in [0, 0.1) is 18.6 Å². The molecule has 0 amide bonds. The third kappa shape index (κ3) is 6.13. The molecule has 0 saturated heterocycles. The minimum atomic E-state index is -0.470. The Hall–Kier alpha value is -0.960. The molecule has 0 radical (unpaired) electrons. The first-order valence-corrected chi connectivity index (χ1v) is 8.23. The minimum Gasteiger partial charge on any atom is -0.313 e. The Kier molecular flexibility index (Phi) is 8.51. The van der Waals surface area contributed by atoms with E-state index in [1.165, 1.54) is 38.5 Å². The summed E-state index contributed by atoms with van der Waals surface area (Å²) >= 11 is 0. The van der Waals surface area contributed by atoms with Crippen molar-refractivity contribution in [2.24, 2.45) is 0 Å². The SMILES string of the molecule is CCCCCCCCCC(NC)c1cc(C)c(F)cc1F. The van der Waals surface area contributed by atoms with E-state index in [4.69, 9.17) is 0 Å². The van der Waals surface area contributed by atoms with Crippen molar-refractivity contribution >= 4 is 0 Å². The maximum absolute atomic E-state index is 13.9. The van der Waals surface area contributed by atoms with Crippen molar-refractivity contribution in [1.82, 2.24) is 5.32 Å². The first kappa shape index (κ1) is 18.1. The maximum atomic E-state index is 13.9. The Bertz CT molecular complexity index is 418. The lowest BCUT2D eigenvalue weighted by atomic mass is 9.97. The van der Waals surface area contributed by atoms with Gasteiger partial charge in [-0.2, -0.15) is 0 Å². The van der Waals surface area contributed by atoms with E-state index in [9.17, 15) is 8.78 Å². The third-order valence-electron chi connectivity index (χ3n) is 4.10. The van der Waals surface area contributed by atoms with Crippen molar-refractivity contribution in [3.05, 3.63) is 34.9 Å². The van der Waals surface area contributed by atoms with Gasteiger partial charge in [-0.25, -0.2) is 8.78 Å². The molecule has 0 spiro atoms. The lowest BCUT2D eigenvalue weighted by Gasteiger charge is -2.18. The zero-order valence-electron chi connectivity index (χ0n) is 13.6. The van der Waals surface area contributed by atoms with Crippen LogP contribution in [0.2, 0.25) is 0 Å². The van der Waals surface area contributed by atoms with Gasteiger partial charge in [-0.05, 0) is 32.0 Å². The summed E-state index contributed by atoms with van der Waals surface area (Å²) in [6, 6.07) is 2.60. The molecule has 120 valence electrons. The van der Waals surface area contributed by atoms with Crippen LogP contribution in [-0.4, -0.2) is 7.05 Å². The molecule has 0 aliphatic carbocycles. The van der Waals surface area contributed by atoms with Crippen LogP contribution < -0.4 is 5.32 Å². The Morgan fingerprint density at radius 3 is 2.19 bits per heavy atom. The van der Waals surface area contributed by atoms with E-state index >= 15 is 0 Å². The number of benzene rings is 1. The van der Waals surface area contributed by atoms with Crippen LogP contribution >= 0.6 is 0 Å². The van der Waals surface area contributed by atoms with Crippen LogP contribution in [0.1, 0.15) is 75.5 Å². The summed E-state index contributed by atoms with van der Waals surface area (Å²) in [6.07, 6.45) is 9.61. The summed E-state index contributed by atoms with van der Waals surface area (Å²) in [6.45, 7) is 3.90. The van der Waals surface area contributed by atoms with Crippen molar-refractivity contribution in [3.8, 4) is 0 Å². The van der Waals surface area contributed by atoms with E-state index in [2.05, 4.69) is 12.2 Å². The molecule has 1 unspecified atom stereocenters. The summed E-state index contributed by atoms with van der Waals surface area (Å²) in [5.74, 6) is -0.914. The molecule has 0 saturated carbocycles. The number of halogens is 2. The Morgan fingerprint density at radius 1 is 0.952 bits per heavy atom. The predicted molar refractivity (Wildman–Crippen MR) is 85.5 cm³/mol.